The van der Waals surface area contributed by atoms with E-state index in [1.807, 2.05) is 0 Å². The molecular formula is C27H19FN2O5. The van der Waals surface area contributed by atoms with Gasteiger partial charge < -0.3 is 14.4 Å². The van der Waals surface area contributed by atoms with Crippen molar-refractivity contribution in [1.29, 1.82) is 0 Å². The van der Waals surface area contributed by atoms with Gasteiger partial charge in [-0.25, -0.2) is 4.39 Å². The van der Waals surface area contributed by atoms with Gasteiger partial charge in [-0.2, -0.15) is 0 Å². The Morgan fingerprint density at radius 2 is 1.71 bits per heavy atom. The molecule has 1 amide bonds. The molecule has 2 heterocycles. The lowest BCUT2D eigenvalue weighted by Crippen LogP contribution is -2.29. The number of halogens is 1. The van der Waals surface area contributed by atoms with Crippen LogP contribution in [-0.2, 0) is 9.59 Å². The number of aliphatic hydroxyl groups excluding tert-OH is 1. The topological polar surface area (TPSA) is 92.9 Å². The molecule has 35 heavy (non-hydrogen) atoms. The van der Waals surface area contributed by atoms with Crippen LogP contribution < -0.4 is 9.64 Å². The summed E-state index contributed by atoms with van der Waals surface area (Å²) in [5.41, 5.74) is 1.88. The number of carbonyl (C=O) groups excluding carboxylic acids is 2. The number of carbonyl (C=O) groups is 2. The monoisotopic (exact) mass is 470 g/mol. The van der Waals surface area contributed by atoms with Gasteiger partial charge in [0, 0.05) is 28.4 Å². The van der Waals surface area contributed by atoms with Gasteiger partial charge in [-0.1, -0.05) is 35.5 Å². The molecule has 3 aromatic carbocycles. The first-order valence-electron chi connectivity index (χ1n) is 10.7. The fraction of sp³-hybridized carbons (Fsp3) is 0.0741. The summed E-state index contributed by atoms with van der Waals surface area (Å²) in [5, 5.41) is 15.0. The molecule has 1 saturated heterocycles. The van der Waals surface area contributed by atoms with Gasteiger partial charge >= 0.3 is 0 Å². The molecule has 0 bridgehead atoms. The van der Waals surface area contributed by atoms with Crippen LogP contribution in [0.2, 0.25) is 0 Å². The standard InChI is InChI=1S/C27H19FN2O5/c1-34-19-12-8-17(9-13-19)25(31)23-24(20-4-2-3-5-21(20)28)30(27(33)26(23)32)18-10-6-16(7-11-18)22-14-15-35-29-22/h2-15,24,31H,1H3. The van der Waals surface area contributed by atoms with E-state index in [-0.39, 0.29) is 11.1 Å². The van der Waals surface area contributed by atoms with Gasteiger partial charge in [0.1, 0.15) is 29.3 Å². The van der Waals surface area contributed by atoms with Gasteiger partial charge in [0.05, 0.1) is 18.7 Å². The Morgan fingerprint density at radius 1 is 1.00 bits per heavy atom. The Labute approximate surface area is 199 Å². The predicted molar refractivity (Wildman–Crippen MR) is 126 cm³/mol. The van der Waals surface area contributed by atoms with E-state index in [0.717, 1.165) is 5.56 Å². The Balaban J connectivity index is 1.66. The quantitative estimate of drug-likeness (QED) is 0.247. The summed E-state index contributed by atoms with van der Waals surface area (Å²) in [7, 11) is 1.51. The summed E-state index contributed by atoms with van der Waals surface area (Å²) < 4.78 is 25.0. The number of anilines is 1. The van der Waals surface area contributed by atoms with Gasteiger partial charge in [-0.05, 0) is 42.5 Å². The third-order valence-electron chi connectivity index (χ3n) is 5.89. The summed E-state index contributed by atoms with van der Waals surface area (Å²) in [6.45, 7) is 0. The number of rotatable bonds is 5. The normalized spacial score (nSPS) is 17.1. The van der Waals surface area contributed by atoms with E-state index in [1.54, 1.807) is 60.7 Å². The molecule has 1 aliphatic heterocycles. The number of aromatic nitrogens is 1. The van der Waals surface area contributed by atoms with Crippen LogP contribution in [0.5, 0.6) is 5.75 Å². The van der Waals surface area contributed by atoms with Gasteiger partial charge in [0.25, 0.3) is 11.7 Å². The van der Waals surface area contributed by atoms with E-state index in [0.29, 0.717) is 22.7 Å². The molecule has 1 fully saturated rings. The second-order valence-corrected chi connectivity index (χ2v) is 7.85. The first kappa shape index (κ1) is 22.1. The van der Waals surface area contributed by atoms with Crippen molar-refractivity contribution < 1.29 is 28.3 Å². The van der Waals surface area contributed by atoms with Gasteiger partial charge in [-0.15, -0.1) is 0 Å². The van der Waals surface area contributed by atoms with Crippen molar-refractivity contribution in [3.05, 3.63) is 108 Å². The lowest BCUT2D eigenvalue weighted by molar-refractivity contribution is -0.132. The number of ether oxygens (including phenoxy) is 1. The second-order valence-electron chi connectivity index (χ2n) is 7.85. The zero-order valence-electron chi connectivity index (χ0n) is 18.5. The Kier molecular flexibility index (Phi) is 5.62. The van der Waals surface area contributed by atoms with E-state index in [1.165, 1.54) is 36.5 Å². The van der Waals surface area contributed by atoms with Gasteiger partial charge in [0.15, 0.2) is 0 Å². The third kappa shape index (κ3) is 3.85. The summed E-state index contributed by atoms with van der Waals surface area (Å²) >= 11 is 0. The Bertz CT molecular complexity index is 1430. The zero-order chi connectivity index (χ0) is 24.5. The fourth-order valence-corrected chi connectivity index (χ4v) is 4.15. The zero-order valence-corrected chi connectivity index (χ0v) is 18.5. The lowest BCUT2D eigenvalue weighted by Gasteiger charge is -2.26. The number of ketones is 1. The highest BCUT2D eigenvalue weighted by Crippen LogP contribution is 2.43. The number of amides is 1. The number of methoxy groups -OCH3 is 1. The minimum atomic E-state index is -1.17. The molecular weight excluding hydrogens is 451 g/mol. The number of Topliss-reactive ketones (excluding diaryl/α,β-unsaturated/α-hetero) is 1. The highest BCUT2D eigenvalue weighted by Gasteiger charge is 2.47. The number of nitrogens with zero attached hydrogens (tertiary/aromatic N) is 2. The van der Waals surface area contributed by atoms with E-state index in [2.05, 4.69) is 5.16 Å². The molecule has 0 radical (unpaired) electrons. The highest BCUT2D eigenvalue weighted by atomic mass is 19.1. The predicted octanol–water partition coefficient (Wildman–Crippen LogP) is 5.12. The molecule has 8 heteroatoms. The summed E-state index contributed by atoms with van der Waals surface area (Å²) in [5.74, 6) is -2.24. The average molecular weight is 470 g/mol. The van der Waals surface area contributed by atoms with Gasteiger partial charge in [0.2, 0.25) is 0 Å². The summed E-state index contributed by atoms with van der Waals surface area (Å²) in [4.78, 5) is 27.6. The smallest absolute Gasteiger partial charge is 0.300 e. The first-order chi connectivity index (χ1) is 17.0. The van der Waals surface area contributed by atoms with Crippen LogP contribution in [0.1, 0.15) is 17.2 Å². The average Bonchev–Trinajstić information content (AvgIpc) is 3.51. The van der Waals surface area contributed by atoms with E-state index >= 15 is 0 Å². The van der Waals surface area contributed by atoms with E-state index < -0.39 is 29.3 Å². The highest BCUT2D eigenvalue weighted by molar-refractivity contribution is 6.51. The number of hydrogen-bond donors (Lipinski definition) is 1. The maximum atomic E-state index is 15.0. The molecule has 174 valence electrons. The van der Waals surface area contributed by atoms with Crippen molar-refractivity contribution in [2.45, 2.75) is 6.04 Å². The Hall–Kier alpha value is -4.72. The molecule has 1 N–H and O–H groups in total. The largest absolute Gasteiger partial charge is 0.507 e. The molecule has 1 aromatic heterocycles. The number of aliphatic hydroxyl groups is 1. The maximum absolute atomic E-state index is 15.0. The van der Waals surface area contributed by atoms with Crippen LogP contribution in [-0.4, -0.2) is 29.1 Å². The fourth-order valence-electron chi connectivity index (χ4n) is 4.15. The van der Waals surface area contributed by atoms with Crippen molar-refractivity contribution in [3.8, 4) is 17.0 Å². The van der Waals surface area contributed by atoms with Crippen molar-refractivity contribution in [2.24, 2.45) is 0 Å². The van der Waals surface area contributed by atoms with Crippen LogP contribution in [0.4, 0.5) is 10.1 Å². The SMILES string of the molecule is COc1ccc(C(O)=C2C(=O)C(=O)N(c3ccc(-c4ccon4)cc3)C2c2ccccc2F)cc1. The van der Waals surface area contributed by atoms with E-state index in [9.17, 15) is 19.1 Å². The molecule has 5 rings (SSSR count). The van der Waals surface area contributed by atoms with Crippen molar-refractivity contribution in [2.75, 3.05) is 12.0 Å². The summed E-state index contributed by atoms with van der Waals surface area (Å²) in [6, 6.07) is 19.4. The van der Waals surface area contributed by atoms with Gasteiger partial charge in [-0.3, -0.25) is 14.5 Å². The number of hydrogen-bond acceptors (Lipinski definition) is 6. The lowest BCUT2D eigenvalue weighted by atomic mass is 9.94. The molecule has 1 atom stereocenters. The molecule has 0 saturated carbocycles. The molecule has 0 spiro atoms. The second kappa shape index (κ2) is 8.90. The Morgan fingerprint density at radius 3 is 2.34 bits per heavy atom. The van der Waals surface area contributed by atoms with Crippen molar-refractivity contribution in [1.82, 2.24) is 5.16 Å². The molecule has 1 unspecified atom stereocenters. The van der Waals surface area contributed by atoms with Crippen LogP contribution in [0.15, 0.2) is 95.2 Å². The maximum Gasteiger partial charge on any atom is 0.300 e. The molecule has 1 aliphatic rings. The van der Waals surface area contributed by atoms with Crippen LogP contribution in [0, 0.1) is 5.82 Å². The van der Waals surface area contributed by atoms with Crippen molar-refractivity contribution >= 4 is 23.1 Å². The number of benzene rings is 3. The van der Waals surface area contributed by atoms with Crippen LogP contribution in [0.25, 0.3) is 17.0 Å². The first-order valence-corrected chi connectivity index (χ1v) is 10.7. The third-order valence-corrected chi connectivity index (χ3v) is 5.89. The molecule has 7 nitrogen and oxygen atoms in total. The molecule has 4 aromatic rings. The minimum Gasteiger partial charge on any atom is -0.507 e. The summed E-state index contributed by atoms with van der Waals surface area (Å²) in [6.07, 6.45) is 1.44. The van der Waals surface area contributed by atoms with Crippen LogP contribution in [0.3, 0.4) is 0 Å². The van der Waals surface area contributed by atoms with Crippen LogP contribution >= 0.6 is 0 Å². The van der Waals surface area contributed by atoms with E-state index in [4.69, 9.17) is 9.26 Å². The molecule has 0 aliphatic carbocycles. The minimum absolute atomic E-state index is 0.0855. The van der Waals surface area contributed by atoms with Crippen molar-refractivity contribution in [3.63, 3.8) is 0 Å².